The zero-order valence-electron chi connectivity index (χ0n) is 15.1. The predicted octanol–water partition coefficient (Wildman–Crippen LogP) is 3.29. The standard InChI is InChI=1S/C21H26N2O2/c1-17-4-3-5-19(16-17)22-12-14-23(15-13-22)21(24)11-8-18-6-9-20(25-2)10-7-18/h3-7,9-10,16H,8,11-15H2,1-2H3. The zero-order chi connectivity index (χ0) is 17.6. The average molecular weight is 338 g/mol. The molecule has 3 rings (SSSR count). The van der Waals surface area contributed by atoms with Gasteiger partial charge in [0, 0.05) is 38.3 Å². The average Bonchev–Trinajstić information content (AvgIpc) is 2.66. The molecule has 1 aliphatic heterocycles. The van der Waals surface area contributed by atoms with Crippen molar-refractivity contribution >= 4 is 11.6 Å². The lowest BCUT2D eigenvalue weighted by Gasteiger charge is -2.36. The predicted molar refractivity (Wildman–Crippen MR) is 101 cm³/mol. The molecule has 0 radical (unpaired) electrons. The van der Waals surface area contributed by atoms with Gasteiger partial charge in [0.15, 0.2) is 0 Å². The molecule has 0 aromatic heterocycles. The van der Waals surface area contributed by atoms with Gasteiger partial charge in [-0.1, -0.05) is 24.3 Å². The molecule has 1 saturated heterocycles. The van der Waals surface area contributed by atoms with E-state index in [2.05, 4.69) is 36.1 Å². The molecule has 4 heteroatoms. The number of carbonyl (C=O) groups is 1. The topological polar surface area (TPSA) is 32.8 Å². The molecule has 25 heavy (non-hydrogen) atoms. The van der Waals surface area contributed by atoms with Gasteiger partial charge in [0.2, 0.25) is 5.91 Å². The number of hydrogen-bond donors (Lipinski definition) is 0. The largest absolute Gasteiger partial charge is 0.497 e. The van der Waals surface area contributed by atoms with Crippen molar-refractivity contribution in [2.24, 2.45) is 0 Å². The number of ether oxygens (including phenoxy) is 1. The lowest BCUT2D eigenvalue weighted by molar-refractivity contribution is -0.131. The van der Waals surface area contributed by atoms with E-state index in [0.29, 0.717) is 6.42 Å². The lowest BCUT2D eigenvalue weighted by Crippen LogP contribution is -2.48. The third kappa shape index (κ3) is 4.53. The maximum absolute atomic E-state index is 12.5. The Morgan fingerprint density at radius 1 is 1.04 bits per heavy atom. The minimum Gasteiger partial charge on any atom is -0.497 e. The molecule has 0 spiro atoms. The number of methoxy groups -OCH3 is 1. The van der Waals surface area contributed by atoms with E-state index < -0.39 is 0 Å². The highest BCUT2D eigenvalue weighted by molar-refractivity contribution is 5.76. The van der Waals surface area contributed by atoms with Crippen molar-refractivity contribution in [3.63, 3.8) is 0 Å². The highest BCUT2D eigenvalue weighted by Gasteiger charge is 2.21. The molecule has 0 aliphatic carbocycles. The number of aryl methyl sites for hydroxylation is 2. The first-order chi connectivity index (χ1) is 12.2. The molecule has 1 fully saturated rings. The van der Waals surface area contributed by atoms with Crippen LogP contribution in [0.4, 0.5) is 5.69 Å². The molecule has 2 aromatic rings. The molecule has 1 aliphatic rings. The number of nitrogens with zero attached hydrogens (tertiary/aromatic N) is 2. The highest BCUT2D eigenvalue weighted by Crippen LogP contribution is 2.18. The second-order valence-corrected chi connectivity index (χ2v) is 6.55. The van der Waals surface area contributed by atoms with Gasteiger partial charge in [0.1, 0.15) is 5.75 Å². The molecule has 1 amide bonds. The molecular weight excluding hydrogens is 312 g/mol. The maximum atomic E-state index is 12.5. The van der Waals surface area contributed by atoms with Crippen LogP contribution < -0.4 is 9.64 Å². The molecule has 0 bridgehead atoms. The summed E-state index contributed by atoms with van der Waals surface area (Å²) in [4.78, 5) is 16.8. The fourth-order valence-electron chi connectivity index (χ4n) is 3.24. The van der Waals surface area contributed by atoms with E-state index >= 15 is 0 Å². The van der Waals surface area contributed by atoms with Crippen LogP contribution in [0.25, 0.3) is 0 Å². The van der Waals surface area contributed by atoms with E-state index in [9.17, 15) is 4.79 Å². The van der Waals surface area contributed by atoms with Crippen molar-refractivity contribution in [3.05, 3.63) is 59.7 Å². The SMILES string of the molecule is COc1ccc(CCC(=O)N2CCN(c3cccc(C)c3)CC2)cc1. The fraction of sp³-hybridized carbons (Fsp3) is 0.381. The summed E-state index contributed by atoms with van der Waals surface area (Å²) >= 11 is 0. The molecule has 1 heterocycles. The lowest BCUT2D eigenvalue weighted by atomic mass is 10.1. The first kappa shape index (κ1) is 17.3. The van der Waals surface area contributed by atoms with Crippen molar-refractivity contribution in [3.8, 4) is 5.75 Å². The fourth-order valence-corrected chi connectivity index (χ4v) is 3.24. The number of rotatable bonds is 5. The zero-order valence-corrected chi connectivity index (χ0v) is 15.1. The molecule has 132 valence electrons. The Morgan fingerprint density at radius 3 is 2.40 bits per heavy atom. The summed E-state index contributed by atoms with van der Waals surface area (Å²) in [5, 5.41) is 0. The number of amides is 1. The molecule has 0 saturated carbocycles. The third-order valence-corrected chi connectivity index (χ3v) is 4.79. The van der Waals surface area contributed by atoms with Crippen LogP contribution in [-0.2, 0) is 11.2 Å². The van der Waals surface area contributed by atoms with Gasteiger partial charge in [-0.05, 0) is 48.7 Å². The number of benzene rings is 2. The smallest absolute Gasteiger partial charge is 0.223 e. The third-order valence-electron chi connectivity index (χ3n) is 4.79. The van der Waals surface area contributed by atoms with Crippen molar-refractivity contribution < 1.29 is 9.53 Å². The van der Waals surface area contributed by atoms with Crippen molar-refractivity contribution in [2.45, 2.75) is 19.8 Å². The van der Waals surface area contributed by atoms with Crippen LogP contribution in [-0.4, -0.2) is 44.1 Å². The molecule has 4 nitrogen and oxygen atoms in total. The summed E-state index contributed by atoms with van der Waals surface area (Å²) in [6.45, 7) is 5.52. The number of piperazine rings is 1. The second kappa shape index (κ2) is 8.06. The van der Waals surface area contributed by atoms with Gasteiger partial charge in [-0.25, -0.2) is 0 Å². The van der Waals surface area contributed by atoms with Crippen LogP contribution in [0.2, 0.25) is 0 Å². The minimum absolute atomic E-state index is 0.250. The molecule has 0 N–H and O–H groups in total. The molecule has 0 unspecified atom stereocenters. The van der Waals surface area contributed by atoms with Gasteiger partial charge in [-0.15, -0.1) is 0 Å². The van der Waals surface area contributed by atoms with E-state index in [-0.39, 0.29) is 5.91 Å². The van der Waals surface area contributed by atoms with E-state index in [1.807, 2.05) is 29.2 Å². The molecular formula is C21H26N2O2. The summed E-state index contributed by atoms with van der Waals surface area (Å²) in [7, 11) is 1.66. The van der Waals surface area contributed by atoms with Crippen LogP contribution in [0.3, 0.4) is 0 Å². The van der Waals surface area contributed by atoms with Crippen molar-refractivity contribution in [2.75, 3.05) is 38.2 Å². The Labute approximate surface area is 150 Å². The highest BCUT2D eigenvalue weighted by atomic mass is 16.5. The Kier molecular flexibility index (Phi) is 5.59. The summed E-state index contributed by atoms with van der Waals surface area (Å²) in [6.07, 6.45) is 1.34. The first-order valence-corrected chi connectivity index (χ1v) is 8.88. The van der Waals surface area contributed by atoms with Gasteiger partial charge in [-0.3, -0.25) is 4.79 Å². The van der Waals surface area contributed by atoms with Gasteiger partial charge >= 0.3 is 0 Å². The number of anilines is 1. The quantitative estimate of drug-likeness (QED) is 0.839. The van der Waals surface area contributed by atoms with Gasteiger partial charge in [0.25, 0.3) is 0 Å². The normalized spacial score (nSPS) is 14.5. The summed E-state index contributed by atoms with van der Waals surface area (Å²) < 4.78 is 5.16. The maximum Gasteiger partial charge on any atom is 0.223 e. The van der Waals surface area contributed by atoms with E-state index in [0.717, 1.165) is 38.3 Å². The Bertz CT molecular complexity index is 704. The summed E-state index contributed by atoms with van der Waals surface area (Å²) in [5.74, 6) is 1.10. The second-order valence-electron chi connectivity index (χ2n) is 6.55. The van der Waals surface area contributed by atoms with Crippen LogP contribution >= 0.6 is 0 Å². The Morgan fingerprint density at radius 2 is 1.76 bits per heavy atom. The number of hydrogen-bond acceptors (Lipinski definition) is 3. The summed E-state index contributed by atoms with van der Waals surface area (Å²) in [6, 6.07) is 16.5. The first-order valence-electron chi connectivity index (χ1n) is 8.88. The van der Waals surface area contributed by atoms with E-state index in [4.69, 9.17) is 4.74 Å². The van der Waals surface area contributed by atoms with Gasteiger partial charge < -0.3 is 14.5 Å². The van der Waals surface area contributed by atoms with Crippen molar-refractivity contribution in [1.29, 1.82) is 0 Å². The molecule has 2 aromatic carbocycles. The van der Waals surface area contributed by atoms with Gasteiger partial charge in [-0.2, -0.15) is 0 Å². The summed E-state index contributed by atoms with van der Waals surface area (Å²) in [5.41, 5.74) is 3.70. The van der Waals surface area contributed by atoms with Crippen LogP contribution in [0, 0.1) is 6.92 Å². The Balaban J connectivity index is 1.48. The number of carbonyl (C=O) groups excluding carboxylic acids is 1. The monoisotopic (exact) mass is 338 g/mol. The van der Waals surface area contributed by atoms with Crippen LogP contribution in [0.5, 0.6) is 5.75 Å². The Hall–Kier alpha value is -2.49. The van der Waals surface area contributed by atoms with Crippen molar-refractivity contribution in [1.82, 2.24) is 4.90 Å². The van der Waals surface area contributed by atoms with E-state index in [1.165, 1.54) is 16.8 Å². The van der Waals surface area contributed by atoms with Crippen LogP contribution in [0.15, 0.2) is 48.5 Å². The van der Waals surface area contributed by atoms with E-state index in [1.54, 1.807) is 7.11 Å². The molecule has 0 atom stereocenters. The minimum atomic E-state index is 0.250. The van der Waals surface area contributed by atoms with Gasteiger partial charge in [0.05, 0.1) is 7.11 Å². The van der Waals surface area contributed by atoms with Crippen LogP contribution in [0.1, 0.15) is 17.5 Å².